The van der Waals surface area contributed by atoms with Gasteiger partial charge in [-0.2, -0.15) is 0 Å². The third kappa shape index (κ3) is 15.2. The number of rotatable bonds is 25. The molecule has 5 rings (SSSR count). The molecule has 3 amide bonds. The fourth-order valence-electron chi connectivity index (χ4n) is 9.54. The zero-order valence-corrected chi connectivity index (χ0v) is 41.9. The molecule has 0 radical (unpaired) electrons. The fourth-order valence-corrected chi connectivity index (χ4v) is 9.54. The van der Waals surface area contributed by atoms with Gasteiger partial charge in [-0.3, -0.25) is 14.4 Å². The van der Waals surface area contributed by atoms with Gasteiger partial charge in [0.05, 0.1) is 39.1 Å². The average Bonchev–Trinajstić information content (AvgIpc) is 3.38. The Hall–Kier alpha value is -3.08. The van der Waals surface area contributed by atoms with Crippen molar-refractivity contribution in [3.63, 3.8) is 0 Å². The van der Waals surface area contributed by atoms with E-state index in [4.69, 9.17) is 53.1 Å². The Morgan fingerprint density at radius 2 is 1.14 bits per heavy atom. The summed E-state index contributed by atoms with van der Waals surface area (Å²) in [4.78, 5) is 50.3. The molecule has 32 nitrogen and oxygen atoms in total. The molecule has 9 unspecified atom stereocenters. The van der Waals surface area contributed by atoms with E-state index in [9.17, 15) is 90.7 Å². The van der Waals surface area contributed by atoms with Crippen molar-refractivity contribution < 1.29 is 138 Å². The highest BCUT2D eigenvalue weighted by atomic mass is 16.8. The monoisotopic (exact) mass is 1110 g/mol. The van der Waals surface area contributed by atoms with Crippen LogP contribution in [0.2, 0.25) is 0 Å². The Bertz CT molecular complexity index is 1850. The van der Waals surface area contributed by atoms with E-state index in [1.165, 1.54) is 0 Å². The predicted molar refractivity (Wildman–Crippen MR) is 244 cm³/mol. The summed E-state index contributed by atoms with van der Waals surface area (Å²) < 4.78 is 58.8. The largest absolute Gasteiger partial charge is 0.477 e. The molecule has 5 fully saturated rings. The van der Waals surface area contributed by atoms with Gasteiger partial charge in [0.25, 0.3) is 5.79 Å². The molecule has 440 valence electrons. The van der Waals surface area contributed by atoms with Gasteiger partial charge in [-0.15, -0.1) is 0 Å². The van der Waals surface area contributed by atoms with Crippen LogP contribution in [0.5, 0.6) is 0 Å². The lowest BCUT2D eigenvalue weighted by Crippen LogP contribution is -2.70. The molecule has 0 bridgehead atoms. The number of hydrogen-bond acceptors (Lipinski definition) is 28. The average molecular weight is 1110 g/mol. The first-order chi connectivity index (χ1) is 36.0. The Morgan fingerprint density at radius 1 is 0.605 bits per heavy atom. The van der Waals surface area contributed by atoms with Crippen molar-refractivity contribution in [3.8, 4) is 0 Å². The lowest BCUT2D eigenvalue weighted by Gasteiger charge is -2.51. The van der Waals surface area contributed by atoms with Gasteiger partial charge in [0.15, 0.2) is 25.2 Å². The Kier molecular flexibility index (Phi) is 24.2. The van der Waals surface area contributed by atoms with E-state index in [2.05, 4.69) is 16.0 Å². The van der Waals surface area contributed by atoms with Crippen LogP contribution in [-0.4, -0.2) is 294 Å². The topological polar surface area (TPSA) is 506 Å². The Morgan fingerprint density at radius 3 is 1.74 bits per heavy atom. The maximum absolute atomic E-state index is 13.1. The van der Waals surface area contributed by atoms with Gasteiger partial charge in [-0.05, 0) is 32.2 Å². The number of carboxylic acid groups (broad SMARTS) is 1. The van der Waals surface area contributed by atoms with E-state index in [-0.39, 0.29) is 13.0 Å². The van der Waals surface area contributed by atoms with E-state index in [1.54, 1.807) is 0 Å². The van der Waals surface area contributed by atoms with Gasteiger partial charge >= 0.3 is 5.97 Å². The van der Waals surface area contributed by atoms with Gasteiger partial charge in [0, 0.05) is 33.8 Å². The maximum atomic E-state index is 13.1. The summed E-state index contributed by atoms with van der Waals surface area (Å²) in [5.74, 6) is -6.86. The molecule has 5 aliphatic heterocycles. The quantitative estimate of drug-likeness (QED) is 0.0378. The van der Waals surface area contributed by atoms with Crippen molar-refractivity contribution in [2.75, 3.05) is 46.2 Å². The second-order valence-electron chi connectivity index (χ2n) is 19.2. The third-order valence-corrected chi connectivity index (χ3v) is 13.6. The molecule has 5 heterocycles. The van der Waals surface area contributed by atoms with Gasteiger partial charge in [-0.1, -0.05) is 0 Å². The van der Waals surface area contributed by atoms with Crippen LogP contribution in [0.3, 0.4) is 0 Å². The highest BCUT2D eigenvalue weighted by molar-refractivity contribution is 5.76. The minimum absolute atomic E-state index is 0.00256. The normalized spacial score (nSPS) is 41.9. The lowest BCUT2D eigenvalue weighted by molar-refractivity contribution is -0.379. The zero-order chi connectivity index (χ0) is 56.3. The molecule has 0 aromatic heterocycles. The van der Waals surface area contributed by atoms with Gasteiger partial charge in [-0.25, -0.2) is 4.79 Å². The number of carbonyl (C=O) groups is 4. The number of nitrogens with one attached hydrogen (secondary N) is 3. The summed E-state index contributed by atoms with van der Waals surface area (Å²) in [6, 6.07) is -4.53. The van der Waals surface area contributed by atoms with Crippen molar-refractivity contribution in [2.24, 2.45) is 5.73 Å². The van der Waals surface area contributed by atoms with Crippen molar-refractivity contribution in [1.29, 1.82) is 0 Å². The summed E-state index contributed by atoms with van der Waals surface area (Å²) in [6.45, 7) is -1.25. The number of hydrogen-bond donors (Lipinski definition) is 18. The molecule has 0 aliphatic carbocycles. The smallest absolute Gasteiger partial charge is 0.364 e. The van der Waals surface area contributed by atoms with Gasteiger partial charge < -0.3 is 141 Å². The molecule has 5 saturated heterocycles. The summed E-state index contributed by atoms with van der Waals surface area (Å²) in [7, 11) is 0. The second kappa shape index (κ2) is 28.9. The lowest BCUT2D eigenvalue weighted by atomic mass is 9.90. The summed E-state index contributed by atoms with van der Waals surface area (Å²) in [6.07, 6.45) is -38.7. The van der Waals surface area contributed by atoms with Gasteiger partial charge in [0.2, 0.25) is 17.7 Å². The Balaban J connectivity index is 1.50. The molecular formula is C44H76N4O28. The molecule has 32 heteroatoms. The molecule has 0 aromatic carbocycles. The first kappa shape index (κ1) is 63.7. The van der Waals surface area contributed by atoms with E-state index in [0.29, 0.717) is 25.8 Å². The second-order valence-corrected chi connectivity index (χ2v) is 19.2. The number of ether oxygens (including phenoxy) is 10. The maximum Gasteiger partial charge on any atom is 0.364 e. The molecule has 25 atom stereocenters. The minimum atomic E-state index is -2.78. The Labute approximate surface area is 434 Å². The molecule has 0 spiro atoms. The van der Waals surface area contributed by atoms with Crippen molar-refractivity contribution in [3.05, 3.63) is 0 Å². The number of unbranched alkanes of at least 4 members (excludes halogenated alkanes) is 2. The first-order valence-electron chi connectivity index (χ1n) is 24.8. The number of amides is 3. The van der Waals surface area contributed by atoms with Crippen LogP contribution in [0.15, 0.2) is 0 Å². The minimum Gasteiger partial charge on any atom is -0.477 e. The number of carboxylic acids is 1. The fraction of sp³-hybridized carbons (Fsp3) is 0.909. The first-order valence-corrected chi connectivity index (χ1v) is 24.8. The number of aliphatic hydroxyl groups is 13. The van der Waals surface area contributed by atoms with Crippen molar-refractivity contribution in [1.82, 2.24) is 16.0 Å². The van der Waals surface area contributed by atoms with E-state index in [0.717, 1.165) is 20.8 Å². The molecule has 76 heavy (non-hydrogen) atoms. The standard InChI is InChI=1S/C44H76N4O28/c1-16(53)46-19-7-8-44(43(65)66,76-35(19)27(57)20(56)11-49)68-15-24-30(60)37(26(48-18(3)55)40(72-24)75-38-29(59)22(13-51)70-41(34(38)64)67-10-6-4-5-9-45)74-42-33(63)32(62)36(23(14-52)71-42)73-39-25(47-17(2)54)31(61)28(58)21(12-50)69-39/h19-42,49-52,56-64H,4-15,45H2,1-3H3,(H,46,53)(H,47,54)(H,48,55)(H,65,66)/t19-,20-,21?,22?,23?,24?,25+,26+,27-,28+,29+,30-,31-,32?,33+,34+,35?,36+,37?,38?,39?,40+,41-,42+,44-/m1/s1. The summed E-state index contributed by atoms with van der Waals surface area (Å²) >= 11 is 0. The molecule has 19 N–H and O–H groups in total. The van der Waals surface area contributed by atoms with E-state index >= 15 is 0 Å². The molecule has 5 aliphatic rings. The number of aliphatic carboxylic acids is 1. The van der Waals surface area contributed by atoms with Crippen LogP contribution >= 0.6 is 0 Å². The van der Waals surface area contributed by atoms with E-state index < -0.39 is 216 Å². The molecule has 0 saturated carbocycles. The van der Waals surface area contributed by atoms with Crippen molar-refractivity contribution >= 4 is 23.7 Å². The SMILES string of the molecule is CC(=O)N[C@@H]1C(O[C@H]2C(CO)O[C@@H](OC3[C@H](O)C(CO[C@]4(C(=O)O)CC[C@@H](NC(C)=O)C([C@H](O)[C@H](O)CO)O4)O[C@@H](OC4[C@@H](O)C(CO)O[C@@H](OCCCCCN)[C@H]4O)[C@H]3NC(C)=O)[C@@H](O)C2O)OC(CO)[C@H](O)[C@@H]1O. The third-order valence-electron chi connectivity index (χ3n) is 13.6. The number of aliphatic hydroxyl groups excluding tert-OH is 13. The van der Waals surface area contributed by atoms with Gasteiger partial charge in [0.1, 0.15) is 116 Å². The van der Waals surface area contributed by atoms with Crippen LogP contribution in [0.25, 0.3) is 0 Å². The molecule has 0 aromatic rings. The van der Waals surface area contributed by atoms with Crippen LogP contribution in [0.4, 0.5) is 0 Å². The van der Waals surface area contributed by atoms with Crippen LogP contribution in [0.1, 0.15) is 52.9 Å². The zero-order valence-electron chi connectivity index (χ0n) is 41.9. The van der Waals surface area contributed by atoms with Crippen LogP contribution < -0.4 is 21.7 Å². The van der Waals surface area contributed by atoms with Crippen molar-refractivity contribution in [2.45, 2.75) is 206 Å². The van der Waals surface area contributed by atoms with Crippen LogP contribution in [-0.2, 0) is 66.5 Å². The summed E-state index contributed by atoms with van der Waals surface area (Å²) in [5, 5.41) is 159. The number of carbonyl (C=O) groups excluding carboxylic acids is 3. The van der Waals surface area contributed by atoms with E-state index in [1.807, 2.05) is 0 Å². The summed E-state index contributed by atoms with van der Waals surface area (Å²) in [5.41, 5.74) is 5.58. The molecular weight excluding hydrogens is 1030 g/mol. The predicted octanol–water partition coefficient (Wildman–Crippen LogP) is -10.1. The number of nitrogens with two attached hydrogens (primary N) is 1. The van der Waals surface area contributed by atoms with Crippen LogP contribution in [0, 0.1) is 0 Å². The highest BCUT2D eigenvalue weighted by Gasteiger charge is 2.58. The highest BCUT2D eigenvalue weighted by Crippen LogP contribution is 2.38.